The topological polar surface area (TPSA) is 33.1 Å². The van der Waals surface area contributed by atoms with Crippen molar-refractivity contribution in [2.45, 2.75) is 19.5 Å². The number of aromatic nitrogens is 1. The highest BCUT2D eigenvalue weighted by molar-refractivity contribution is 5.40. The highest BCUT2D eigenvalue weighted by Crippen LogP contribution is 2.39. The standard InChI is InChI=1S/C8H6F5NO/c1-3-2-4(8(11,12)13)6(15)5(14-3)7(9)10/h2,7,15H,1H3. The fourth-order valence-electron chi connectivity index (χ4n) is 1.06. The maximum absolute atomic E-state index is 12.2. The maximum Gasteiger partial charge on any atom is 0.420 e. The van der Waals surface area contributed by atoms with Crippen molar-refractivity contribution in [3.8, 4) is 5.75 Å². The van der Waals surface area contributed by atoms with E-state index in [0.717, 1.165) is 6.92 Å². The van der Waals surface area contributed by atoms with Crippen LogP contribution in [0.1, 0.15) is 23.4 Å². The Balaban J connectivity index is 3.42. The summed E-state index contributed by atoms with van der Waals surface area (Å²) in [4.78, 5) is 3.15. The van der Waals surface area contributed by atoms with Gasteiger partial charge in [-0.15, -0.1) is 0 Å². The van der Waals surface area contributed by atoms with Crippen LogP contribution in [0.5, 0.6) is 5.75 Å². The first kappa shape index (κ1) is 11.7. The number of alkyl halides is 5. The molecule has 1 aromatic heterocycles. The van der Waals surface area contributed by atoms with Gasteiger partial charge >= 0.3 is 6.18 Å². The summed E-state index contributed by atoms with van der Waals surface area (Å²) >= 11 is 0. The smallest absolute Gasteiger partial charge is 0.420 e. The van der Waals surface area contributed by atoms with Crippen LogP contribution in [0.3, 0.4) is 0 Å². The number of hydrogen-bond donors (Lipinski definition) is 1. The second kappa shape index (κ2) is 3.63. The summed E-state index contributed by atoms with van der Waals surface area (Å²) < 4.78 is 61.1. The van der Waals surface area contributed by atoms with E-state index in [1.54, 1.807) is 0 Å². The Morgan fingerprint density at radius 2 is 1.87 bits per heavy atom. The van der Waals surface area contributed by atoms with Gasteiger partial charge in [0.05, 0.1) is 0 Å². The van der Waals surface area contributed by atoms with E-state index in [-0.39, 0.29) is 5.69 Å². The van der Waals surface area contributed by atoms with E-state index in [9.17, 15) is 22.0 Å². The molecule has 0 radical (unpaired) electrons. The lowest BCUT2D eigenvalue weighted by atomic mass is 10.1. The lowest BCUT2D eigenvalue weighted by Crippen LogP contribution is -2.09. The number of hydrogen-bond acceptors (Lipinski definition) is 2. The van der Waals surface area contributed by atoms with Crippen LogP contribution in [0.2, 0.25) is 0 Å². The van der Waals surface area contributed by atoms with E-state index in [4.69, 9.17) is 5.11 Å². The van der Waals surface area contributed by atoms with Gasteiger partial charge in [0.2, 0.25) is 0 Å². The third kappa shape index (κ3) is 2.34. The molecule has 1 rings (SSSR count). The molecular formula is C8H6F5NO. The molecule has 0 fully saturated rings. The Kier molecular flexibility index (Phi) is 2.83. The van der Waals surface area contributed by atoms with E-state index in [1.165, 1.54) is 0 Å². The van der Waals surface area contributed by atoms with Gasteiger partial charge in [0.15, 0.2) is 5.75 Å². The Morgan fingerprint density at radius 3 is 2.27 bits per heavy atom. The van der Waals surface area contributed by atoms with Gasteiger partial charge < -0.3 is 5.11 Å². The van der Waals surface area contributed by atoms with Crippen LogP contribution in [-0.4, -0.2) is 10.1 Å². The highest BCUT2D eigenvalue weighted by atomic mass is 19.4. The van der Waals surface area contributed by atoms with Crippen LogP contribution in [0, 0.1) is 6.92 Å². The van der Waals surface area contributed by atoms with Gasteiger partial charge in [-0.2, -0.15) is 13.2 Å². The zero-order chi connectivity index (χ0) is 11.8. The first-order chi connectivity index (χ1) is 6.73. The van der Waals surface area contributed by atoms with Crippen LogP contribution in [-0.2, 0) is 6.18 Å². The predicted octanol–water partition coefficient (Wildman–Crippen LogP) is 3.05. The molecule has 7 heteroatoms. The largest absolute Gasteiger partial charge is 0.505 e. The quantitative estimate of drug-likeness (QED) is 0.748. The van der Waals surface area contributed by atoms with Crippen molar-refractivity contribution >= 4 is 0 Å². The zero-order valence-corrected chi connectivity index (χ0v) is 7.44. The fraction of sp³-hybridized carbons (Fsp3) is 0.375. The Hall–Kier alpha value is -1.40. The van der Waals surface area contributed by atoms with Crippen molar-refractivity contribution in [2.24, 2.45) is 0 Å². The number of pyridine rings is 1. The Morgan fingerprint density at radius 1 is 1.33 bits per heavy atom. The summed E-state index contributed by atoms with van der Waals surface area (Å²) in [7, 11) is 0. The molecule has 0 aromatic carbocycles. The van der Waals surface area contributed by atoms with Crippen molar-refractivity contribution in [1.82, 2.24) is 4.98 Å². The number of aromatic hydroxyl groups is 1. The summed E-state index contributed by atoms with van der Waals surface area (Å²) in [6, 6.07) is 0.515. The normalized spacial score (nSPS) is 12.2. The molecule has 0 aliphatic rings. The minimum Gasteiger partial charge on any atom is -0.505 e. The molecule has 0 unspecified atom stereocenters. The minimum atomic E-state index is -4.87. The summed E-state index contributed by atoms with van der Waals surface area (Å²) in [6.07, 6.45) is -8.12. The summed E-state index contributed by atoms with van der Waals surface area (Å²) in [5.74, 6) is -1.51. The summed E-state index contributed by atoms with van der Waals surface area (Å²) in [6.45, 7) is 1.14. The van der Waals surface area contributed by atoms with Gasteiger partial charge in [-0.3, -0.25) is 0 Å². The van der Waals surface area contributed by atoms with Crippen LogP contribution in [0.25, 0.3) is 0 Å². The third-order valence-electron chi connectivity index (χ3n) is 1.66. The van der Waals surface area contributed by atoms with Gasteiger partial charge in [-0.25, -0.2) is 13.8 Å². The number of nitrogens with zero attached hydrogens (tertiary/aromatic N) is 1. The molecular weight excluding hydrogens is 221 g/mol. The Bertz CT molecular complexity index is 374. The number of rotatable bonds is 1. The molecule has 0 atom stereocenters. The van der Waals surface area contributed by atoms with Gasteiger partial charge in [0.25, 0.3) is 6.43 Å². The Labute approximate surface area is 81.4 Å². The zero-order valence-electron chi connectivity index (χ0n) is 7.44. The number of halogens is 5. The molecule has 1 aromatic rings. The van der Waals surface area contributed by atoms with Crippen LogP contribution in [0.4, 0.5) is 22.0 Å². The van der Waals surface area contributed by atoms with Crippen LogP contribution in [0.15, 0.2) is 6.07 Å². The molecule has 0 aliphatic heterocycles. The molecule has 0 amide bonds. The molecule has 0 aliphatic carbocycles. The van der Waals surface area contributed by atoms with Crippen molar-refractivity contribution < 1.29 is 27.1 Å². The monoisotopic (exact) mass is 227 g/mol. The summed E-state index contributed by atoms with van der Waals surface area (Å²) in [5, 5.41) is 8.96. The molecule has 0 spiro atoms. The van der Waals surface area contributed by atoms with E-state index in [1.807, 2.05) is 0 Å². The van der Waals surface area contributed by atoms with Crippen molar-refractivity contribution in [3.63, 3.8) is 0 Å². The predicted molar refractivity (Wildman–Crippen MR) is 40.6 cm³/mol. The summed E-state index contributed by atoms with van der Waals surface area (Å²) in [5.41, 5.74) is -2.97. The molecule has 0 bridgehead atoms. The van der Waals surface area contributed by atoms with Gasteiger partial charge in [0.1, 0.15) is 11.3 Å². The second-order valence-corrected chi connectivity index (χ2v) is 2.84. The lowest BCUT2D eigenvalue weighted by Gasteiger charge is -2.12. The molecule has 2 nitrogen and oxygen atoms in total. The van der Waals surface area contributed by atoms with Gasteiger partial charge in [-0.05, 0) is 13.0 Å². The van der Waals surface area contributed by atoms with Crippen molar-refractivity contribution in [1.29, 1.82) is 0 Å². The minimum absolute atomic E-state index is 0.226. The number of aryl methyl sites for hydroxylation is 1. The van der Waals surface area contributed by atoms with Crippen LogP contribution < -0.4 is 0 Å². The van der Waals surface area contributed by atoms with Crippen LogP contribution >= 0.6 is 0 Å². The van der Waals surface area contributed by atoms with E-state index in [2.05, 4.69) is 4.98 Å². The first-order valence-corrected chi connectivity index (χ1v) is 3.79. The fourth-order valence-corrected chi connectivity index (χ4v) is 1.06. The molecule has 1 heterocycles. The van der Waals surface area contributed by atoms with E-state index in [0.29, 0.717) is 6.07 Å². The third-order valence-corrected chi connectivity index (χ3v) is 1.66. The SMILES string of the molecule is Cc1cc(C(F)(F)F)c(O)c(C(F)F)n1. The van der Waals surface area contributed by atoms with Gasteiger partial charge in [0, 0.05) is 5.69 Å². The second-order valence-electron chi connectivity index (χ2n) is 2.84. The average Bonchev–Trinajstić information content (AvgIpc) is 2.06. The van der Waals surface area contributed by atoms with Crippen molar-refractivity contribution in [3.05, 3.63) is 23.0 Å². The molecule has 84 valence electrons. The van der Waals surface area contributed by atoms with Gasteiger partial charge in [-0.1, -0.05) is 0 Å². The molecule has 15 heavy (non-hydrogen) atoms. The lowest BCUT2D eigenvalue weighted by molar-refractivity contribution is -0.139. The van der Waals surface area contributed by atoms with E-state index >= 15 is 0 Å². The van der Waals surface area contributed by atoms with E-state index < -0.39 is 29.6 Å². The highest BCUT2D eigenvalue weighted by Gasteiger charge is 2.36. The molecule has 1 N–H and O–H groups in total. The molecule has 0 saturated carbocycles. The first-order valence-electron chi connectivity index (χ1n) is 3.79. The average molecular weight is 227 g/mol. The maximum atomic E-state index is 12.2. The molecule has 0 saturated heterocycles. The van der Waals surface area contributed by atoms with Crippen molar-refractivity contribution in [2.75, 3.05) is 0 Å².